The lowest BCUT2D eigenvalue weighted by Gasteiger charge is -2.01. The summed E-state index contributed by atoms with van der Waals surface area (Å²) in [7, 11) is 0. The first kappa shape index (κ1) is 12.9. The molecular formula is C16H13N5. The van der Waals surface area contributed by atoms with Gasteiger partial charge in [0.25, 0.3) is 0 Å². The summed E-state index contributed by atoms with van der Waals surface area (Å²) in [4.78, 5) is 7.54. The number of para-hydroxylation sites is 2. The first-order chi connectivity index (χ1) is 10.3. The van der Waals surface area contributed by atoms with Crippen molar-refractivity contribution in [3.63, 3.8) is 0 Å². The van der Waals surface area contributed by atoms with E-state index in [4.69, 9.17) is 5.26 Å². The fourth-order valence-corrected chi connectivity index (χ4v) is 1.99. The standard InChI is InChI=1S/C16H13N5/c1-11(13-8-6-12(10-17)7-9-13)20-21-16-18-14-4-2-3-5-15(14)19-16/h2-9H,1H3,(H2,18,19,21)/b20-11+. The maximum Gasteiger partial charge on any atom is 0.222 e. The molecule has 0 bridgehead atoms. The second-order valence-corrected chi connectivity index (χ2v) is 4.60. The molecule has 2 N–H and O–H groups in total. The fraction of sp³-hybridized carbons (Fsp3) is 0.0625. The summed E-state index contributed by atoms with van der Waals surface area (Å²) >= 11 is 0. The number of nitrogens with one attached hydrogen (secondary N) is 2. The molecule has 0 aliphatic heterocycles. The minimum Gasteiger partial charge on any atom is -0.323 e. The van der Waals surface area contributed by atoms with Crippen LogP contribution >= 0.6 is 0 Å². The molecule has 0 amide bonds. The van der Waals surface area contributed by atoms with Crippen molar-refractivity contribution in [2.45, 2.75) is 6.92 Å². The summed E-state index contributed by atoms with van der Waals surface area (Å²) < 4.78 is 0. The van der Waals surface area contributed by atoms with Gasteiger partial charge >= 0.3 is 0 Å². The van der Waals surface area contributed by atoms with Crippen LogP contribution in [0, 0.1) is 11.3 Å². The topological polar surface area (TPSA) is 76.9 Å². The van der Waals surface area contributed by atoms with Gasteiger partial charge in [0.1, 0.15) is 0 Å². The third kappa shape index (κ3) is 2.74. The molecule has 0 atom stereocenters. The van der Waals surface area contributed by atoms with Crippen LogP contribution in [-0.2, 0) is 0 Å². The molecule has 3 rings (SSSR count). The predicted molar refractivity (Wildman–Crippen MR) is 83.1 cm³/mol. The van der Waals surface area contributed by atoms with Crippen LogP contribution in [0.5, 0.6) is 0 Å². The highest BCUT2D eigenvalue weighted by atomic mass is 15.4. The van der Waals surface area contributed by atoms with Crippen LogP contribution in [-0.4, -0.2) is 15.7 Å². The number of aromatic nitrogens is 2. The molecule has 0 saturated carbocycles. The Labute approximate surface area is 122 Å². The van der Waals surface area contributed by atoms with E-state index in [1.807, 2.05) is 43.3 Å². The zero-order valence-corrected chi connectivity index (χ0v) is 11.5. The molecule has 0 aliphatic carbocycles. The third-order valence-electron chi connectivity index (χ3n) is 3.15. The van der Waals surface area contributed by atoms with Crippen molar-refractivity contribution in [2.75, 3.05) is 5.43 Å². The molecule has 1 aromatic heterocycles. The van der Waals surface area contributed by atoms with Gasteiger partial charge in [-0.3, -0.25) is 0 Å². The number of rotatable bonds is 3. The minimum atomic E-state index is 0.601. The van der Waals surface area contributed by atoms with Crippen molar-refractivity contribution >= 4 is 22.7 Å². The molecular weight excluding hydrogens is 262 g/mol. The number of hydrogen-bond acceptors (Lipinski definition) is 4. The molecule has 21 heavy (non-hydrogen) atoms. The highest BCUT2D eigenvalue weighted by Crippen LogP contribution is 2.13. The lowest BCUT2D eigenvalue weighted by Crippen LogP contribution is -2.00. The van der Waals surface area contributed by atoms with E-state index in [0.29, 0.717) is 11.5 Å². The van der Waals surface area contributed by atoms with E-state index < -0.39 is 0 Å². The monoisotopic (exact) mass is 275 g/mol. The van der Waals surface area contributed by atoms with Gasteiger partial charge in [0.2, 0.25) is 5.95 Å². The van der Waals surface area contributed by atoms with E-state index in [1.54, 1.807) is 12.1 Å². The number of anilines is 1. The Morgan fingerprint density at radius 3 is 2.67 bits per heavy atom. The Balaban J connectivity index is 1.79. The van der Waals surface area contributed by atoms with Gasteiger partial charge < -0.3 is 4.98 Å². The number of benzene rings is 2. The molecule has 3 aromatic rings. The number of nitrogens with zero attached hydrogens (tertiary/aromatic N) is 3. The Hall–Kier alpha value is -3.13. The van der Waals surface area contributed by atoms with Crippen molar-refractivity contribution in [2.24, 2.45) is 5.10 Å². The third-order valence-corrected chi connectivity index (χ3v) is 3.15. The van der Waals surface area contributed by atoms with Gasteiger partial charge in [0.15, 0.2) is 0 Å². The number of nitriles is 1. The van der Waals surface area contributed by atoms with Crippen molar-refractivity contribution < 1.29 is 0 Å². The maximum atomic E-state index is 8.78. The first-order valence-electron chi connectivity index (χ1n) is 6.52. The zero-order chi connectivity index (χ0) is 14.7. The van der Waals surface area contributed by atoms with Crippen LogP contribution in [0.1, 0.15) is 18.1 Å². The normalized spacial score (nSPS) is 11.3. The minimum absolute atomic E-state index is 0.601. The summed E-state index contributed by atoms with van der Waals surface area (Å²) in [5.74, 6) is 0.601. The lowest BCUT2D eigenvalue weighted by molar-refractivity contribution is 1.20. The van der Waals surface area contributed by atoms with Crippen LogP contribution < -0.4 is 5.43 Å². The Kier molecular flexibility index (Phi) is 3.36. The first-order valence-corrected chi connectivity index (χ1v) is 6.52. The van der Waals surface area contributed by atoms with Crippen molar-refractivity contribution in [1.29, 1.82) is 5.26 Å². The molecule has 0 aliphatic rings. The Morgan fingerprint density at radius 2 is 1.95 bits per heavy atom. The summed E-state index contributed by atoms with van der Waals surface area (Å²) in [5.41, 5.74) is 7.19. The summed E-state index contributed by atoms with van der Waals surface area (Å²) in [5, 5.41) is 13.1. The smallest absolute Gasteiger partial charge is 0.222 e. The predicted octanol–water partition coefficient (Wildman–Crippen LogP) is 3.27. The van der Waals surface area contributed by atoms with Crippen molar-refractivity contribution in [3.05, 3.63) is 59.7 Å². The zero-order valence-electron chi connectivity index (χ0n) is 11.5. The van der Waals surface area contributed by atoms with Crippen LogP contribution in [0.25, 0.3) is 11.0 Å². The van der Waals surface area contributed by atoms with E-state index in [1.165, 1.54) is 0 Å². The SMILES string of the molecule is C/C(=N\Nc1nc2ccccc2[nH]1)c1ccc(C#N)cc1. The molecule has 0 unspecified atom stereocenters. The fourth-order valence-electron chi connectivity index (χ4n) is 1.99. The quantitative estimate of drug-likeness (QED) is 0.569. The van der Waals surface area contributed by atoms with Gasteiger partial charge in [-0.15, -0.1) is 0 Å². The molecule has 1 heterocycles. The van der Waals surface area contributed by atoms with Crippen LogP contribution in [0.4, 0.5) is 5.95 Å². The van der Waals surface area contributed by atoms with Crippen molar-refractivity contribution in [3.8, 4) is 6.07 Å². The van der Waals surface area contributed by atoms with Gasteiger partial charge in [0.05, 0.1) is 28.4 Å². The molecule has 0 saturated heterocycles. The number of imidazole rings is 1. The van der Waals surface area contributed by atoms with Gasteiger partial charge in [-0.25, -0.2) is 10.4 Å². The second-order valence-electron chi connectivity index (χ2n) is 4.60. The molecule has 102 valence electrons. The van der Waals surface area contributed by atoms with Crippen LogP contribution in [0.2, 0.25) is 0 Å². The Morgan fingerprint density at radius 1 is 1.19 bits per heavy atom. The van der Waals surface area contributed by atoms with E-state index in [9.17, 15) is 0 Å². The van der Waals surface area contributed by atoms with Crippen LogP contribution in [0.15, 0.2) is 53.6 Å². The highest BCUT2D eigenvalue weighted by molar-refractivity contribution is 5.99. The average molecular weight is 275 g/mol. The van der Waals surface area contributed by atoms with Gasteiger partial charge in [-0.2, -0.15) is 10.4 Å². The van der Waals surface area contributed by atoms with E-state index in [0.717, 1.165) is 22.3 Å². The van der Waals surface area contributed by atoms with Gasteiger partial charge in [0, 0.05) is 0 Å². The number of hydrazone groups is 1. The Bertz CT molecular complexity index is 804. The summed E-state index contributed by atoms with van der Waals surface area (Å²) in [6.45, 7) is 1.90. The lowest BCUT2D eigenvalue weighted by atomic mass is 10.1. The maximum absolute atomic E-state index is 8.78. The summed E-state index contributed by atoms with van der Waals surface area (Å²) in [6.07, 6.45) is 0. The van der Waals surface area contributed by atoms with Gasteiger partial charge in [-0.1, -0.05) is 24.3 Å². The second kappa shape index (κ2) is 5.47. The highest BCUT2D eigenvalue weighted by Gasteiger charge is 2.01. The van der Waals surface area contributed by atoms with Crippen LogP contribution in [0.3, 0.4) is 0 Å². The number of hydrogen-bond donors (Lipinski definition) is 2. The van der Waals surface area contributed by atoms with E-state index in [-0.39, 0.29) is 0 Å². The molecule has 5 heteroatoms. The van der Waals surface area contributed by atoms with E-state index >= 15 is 0 Å². The van der Waals surface area contributed by atoms with Crippen molar-refractivity contribution in [1.82, 2.24) is 9.97 Å². The molecule has 5 nitrogen and oxygen atoms in total. The number of fused-ring (bicyclic) bond motifs is 1. The summed E-state index contributed by atoms with van der Waals surface area (Å²) in [6, 6.07) is 17.2. The molecule has 0 fully saturated rings. The number of aromatic amines is 1. The largest absolute Gasteiger partial charge is 0.323 e. The molecule has 2 aromatic carbocycles. The number of H-pyrrole nitrogens is 1. The average Bonchev–Trinajstić information content (AvgIpc) is 2.95. The van der Waals surface area contributed by atoms with E-state index in [2.05, 4.69) is 26.6 Å². The molecule has 0 spiro atoms. The molecule has 0 radical (unpaired) electrons. The van der Waals surface area contributed by atoms with Gasteiger partial charge in [-0.05, 0) is 36.8 Å².